The van der Waals surface area contributed by atoms with E-state index in [1.807, 2.05) is 13.0 Å². The maximum absolute atomic E-state index is 12.4. The minimum absolute atomic E-state index is 0.0897. The van der Waals surface area contributed by atoms with Crippen molar-refractivity contribution < 1.29 is 19.1 Å². The number of nitrogens with zero attached hydrogens (tertiary/aromatic N) is 1. The molecule has 0 saturated carbocycles. The van der Waals surface area contributed by atoms with E-state index in [0.717, 1.165) is 5.56 Å². The predicted octanol–water partition coefficient (Wildman–Crippen LogP) is 5.15. The largest absolute Gasteiger partial charge is 0.478 e. The predicted molar refractivity (Wildman–Crippen MR) is 110 cm³/mol. The van der Waals surface area contributed by atoms with E-state index in [1.165, 1.54) is 12.1 Å². The maximum Gasteiger partial charge on any atom is 0.336 e. The first-order chi connectivity index (χ1) is 13.9. The van der Waals surface area contributed by atoms with E-state index >= 15 is 0 Å². The second kappa shape index (κ2) is 8.46. The second-order valence-corrected chi connectivity index (χ2v) is 6.55. The summed E-state index contributed by atoms with van der Waals surface area (Å²) in [6.45, 7) is 1.84. The summed E-state index contributed by atoms with van der Waals surface area (Å²) in [6.07, 6.45) is 1.29. The van der Waals surface area contributed by atoms with Crippen LogP contribution in [0.4, 0.5) is 5.69 Å². The summed E-state index contributed by atoms with van der Waals surface area (Å²) in [4.78, 5) is 23.8. The van der Waals surface area contributed by atoms with Crippen LogP contribution in [0, 0.1) is 18.3 Å². The van der Waals surface area contributed by atoms with Crippen LogP contribution in [0.15, 0.2) is 64.6 Å². The number of hydrogen-bond donors (Lipinski definition) is 2. The van der Waals surface area contributed by atoms with Gasteiger partial charge in [-0.15, -0.1) is 0 Å². The lowest BCUT2D eigenvalue weighted by Crippen LogP contribution is -2.13. The summed E-state index contributed by atoms with van der Waals surface area (Å²) in [5.41, 5.74) is 1.64. The zero-order valence-electron chi connectivity index (χ0n) is 15.3. The molecule has 0 bridgehead atoms. The summed E-state index contributed by atoms with van der Waals surface area (Å²) < 4.78 is 5.64. The van der Waals surface area contributed by atoms with Gasteiger partial charge in [0.25, 0.3) is 5.91 Å². The SMILES string of the molecule is Cc1ccc(NC(=O)C(C#N)=Cc2ccc(-c3ccccc3C(=O)O)o2)cc1Cl. The van der Waals surface area contributed by atoms with Crippen LogP contribution < -0.4 is 5.32 Å². The Morgan fingerprint density at radius 1 is 1.17 bits per heavy atom. The van der Waals surface area contributed by atoms with E-state index in [4.69, 9.17) is 16.0 Å². The first kappa shape index (κ1) is 19.9. The van der Waals surface area contributed by atoms with Crippen molar-refractivity contribution in [3.05, 3.63) is 82.1 Å². The Balaban J connectivity index is 1.85. The molecule has 0 radical (unpaired) electrons. The molecule has 0 aliphatic heterocycles. The molecule has 1 heterocycles. The fourth-order valence-electron chi connectivity index (χ4n) is 2.62. The number of hydrogen-bond acceptors (Lipinski definition) is 4. The van der Waals surface area contributed by atoms with E-state index in [1.54, 1.807) is 48.5 Å². The van der Waals surface area contributed by atoms with Crippen LogP contribution in [-0.4, -0.2) is 17.0 Å². The van der Waals surface area contributed by atoms with Crippen molar-refractivity contribution in [3.63, 3.8) is 0 Å². The van der Waals surface area contributed by atoms with Crippen LogP contribution in [-0.2, 0) is 4.79 Å². The fraction of sp³-hybridized carbons (Fsp3) is 0.0455. The third kappa shape index (κ3) is 4.54. The van der Waals surface area contributed by atoms with Crippen molar-refractivity contribution >= 4 is 35.2 Å². The molecule has 0 aliphatic carbocycles. The Kier molecular flexibility index (Phi) is 5.82. The summed E-state index contributed by atoms with van der Waals surface area (Å²) in [7, 11) is 0. The number of carbonyl (C=O) groups excluding carboxylic acids is 1. The molecule has 1 aromatic heterocycles. The summed E-state index contributed by atoms with van der Waals surface area (Å²) in [5, 5.41) is 21.8. The van der Waals surface area contributed by atoms with Gasteiger partial charge in [-0.2, -0.15) is 5.26 Å². The highest BCUT2D eigenvalue weighted by atomic mass is 35.5. The lowest BCUT2D eigenvalue weighted by molar-refractivity contribution is -0.112. The molecule has 1 amide bonds. The lowest BCUT2D eigenvalue weighted by atomic mass is 10.1. The molecule has 6 nitrogen and oxygen atoms in total. The highest BCUT2D eigenvalue weighted by molar-refractivity contribution is 6.31. The van der Waals surface area contributed by atoms with E-state index in [0.29, 0.717) is 22.0 Å². The average Bonchev–Trinajstić information content (AvgIpc) is 3.17. The average molecular weight is 407 g/mol. The summed E-state index contributed by atoms with van der Waals surface area (Å²) in [6, 6.07) is 16.4. The topological polar surface area (TPSA) is 103 Å². The number of carboxylic acid groups (broad SMARTS) is 1. The molecule has 7 heteroatoms. The first-order valence-corrected chi connectivity index (χ1v) is 8.88. The molecule has 0 spiro atoms. The van der Waals surface area contributed by atoms with Crippen LogP contribution in [0.5, 0.6) is 0 Å². The quantitative estimate of drug-likeness (QED) is 0.450. The van der Waals surface area contributed by atoms with Crippen molar-refractivity contribution in [3.8, 4) is 17.4 Å². The van der Waals surface area contributed by atoms with Crippen LogP contribution in [0.25, 0.3) is 17.4 Å². The van der Waals surface area contributed by atoms with E-state index in [-0.39, 0.29) is 16.9 Å². The number of aromatic carboxylic acids is 1. The van der Waals surface area contributed by atoms with E-state index in [2.05, 4.69) is 5.32 Å². The summed E-state index contributed by atoms with van der Waals surface area (Å²) >= 11 is 6.05. The first-order valence-electron chi connectivity index (χ1n) is 8.51. The Bertz CT molecular complexity index is 1170. The number of halogens is 1. The molecule has 2 aromatic carbocycles. The molecular formula is C22H15ClN2O4. The molecule has 0 fully saturated rings. The third-order valence-electron chi connectivity index (χ3n) is 4.13. The molecular weight excluding hydrogens is 392 g/mol. The van der Waals surface area contributed by atoms with E-state index in [9.17, 15) is 20.0 Å². The number of furan rings is 1. The number of amides is 1. The van der Waals surface area contributed by atoms with Crippen molar-refractivity contribution in [1.82, 2.24) is 0 Å². The molecule has 0 saturated heterocycles. The van der Waals surface area contributed by atoms with Crippen molar-refractivity contribution in [1.29, 1.82) is 5.26 Å². The van der Waals surface area contributed by atoms with Gasteiger partial charge in [0, 0.05) is 22.3 Å². The van der Waals surface area contributed by atoms with Crippen LogP contribution in [0.2, 0.25) is 5.02 Å². The molecule has 0 unspecified atom stereocenters. The number of carboxylic acids is 1. The molecule has 2 N–H and O–H groups in total. The zero-order valence-corrected chi connectivity index (χ0v) is 16.0. The van der Waals surface area contributed by atoms with Crippen LogP contribution in [0.1, 0.15) is 21.7 Å². The molecule has 0 atom stereocenters. The normalized spacial score (nSPS) is 11.0. The summed E-state index contributed by atoms with van der Waals surface area (Å²) in [5.74, 6) is -1.13. The van der Waals surface area contributed by atoms with Gasteiger partial charge in [-0.3, -0.25) is 4.79 Å². The van der Waals surface area contributed by atoms with Crippen LogP contribution in [0.3, 0.4) is 0 Å². The van der Waals surface area contributed by atoms with E-state index < -0.39 is 11.9 Å². The Morgan fingerprint density at radius 2 is 1.93 bits per heavy atom. The number of nitriles is 1. The minimum atomic E-state index is -1.08. The van der Waals surface area contributed by atoms with Gasteiger partial charge in [0.2, 0.25) is 0 Å². The standard InChI is InChI=1S/C22H15ClN2O4/c1-13-6-7-15(11-19(13)23)25-21(26)14(12-24)10-16-8-9-20(29-16)17-4-2-3-5-18(17)22(27)28/h2-11H,1H3,(H,25,26)(H,27,28). The number of carbonyl (C=O) groups is 2. The molecule has 144 valence electrons. The second-order valence-electron chi connectivity index (χ2n) is 6.14. The highest BCUT2D eigenvalue weighted by Crippen LogP contribution is 2.27. The van der Waals surface area contributed by atoms with Crippen LogP contribution >= 0.6 is 11.6 Å². The number of nitrogens with one attached hydrogen (secondary N) is 1. The van der Waals surface area contributed by atoms with Gasteiger partial charge >= 0.3 is 5.97 Å². The van der Waals surface area contributed by atoms with Gasteiger partial charge in [-0.25, -0.2) is 4.79 Å². The number of anilines is 1. The lowest BCUT2D eigenvalue weighted by Gasteiger charge is -2.06. The smallest absolute Gasteiger partial charge is 0.336 e. The minimum Gasteiger partial charge on any atom is -0.478 e. The van der Waals surface area contributed by atoms with Gasteiger partial charge in [0.15, 0.2) is 0 Å². The third-order valence-corrected chi connectivity index (χ3v) is 4.54. The molecule has 0 aliphatic rings. The number of rotatable bonds is 5. The van der Waals surface area contributed by atoms with Gasteiger partial charge in [0.05, 0.1) is 5.56 Å². The maximum atomic E-state index is 12.4. The van der Waals surface area contributed by atoms with Gasteiger partial charge in [-0.05, 0) is 42.8 Å². The van der Waals surface area contributed by atoms with Gasteiger partial charge in [-0.1, -0.05) is 35.9 Å². The monoisotopic (exact) mass is 406 g/mol. The highest BCUT2D eigenvalue weighted by Gasteiger charge is 2.15. The van der Waals surface area contributed by atoms with Crippen molar-refractivity contribution in [2.24, 2.45) is 0 Å². The number of benzene rings is 2. The molecule has 3 aromatic rings. The zero-order chi connectivity index (χ0) is 21.0. The molecule has 3 rings (SSSR count). The van der Waals surface area contributed by atoms with Gasteiger partial charge in [0.1, 0.15) is 23.2 Å². The van der Waals surface area contributed by atoms with Crippen molar-refractivity contribution in [2.45, 2.75) is 6.92 Å². The van der Waals surface area contributed by atoms with Gasteiger partial charge < -0.3 is 14.8 Å². The fourth-order valence-corrected chi connectivity index (χ4v) is 2.80. The molecule has 29 heavy (non-hydrogen) atoms. The Labute approximate surface area is 171 Å². The number of aryl methyl sites for hydroxylation is 1. The Morgan fingerprint density at radius 3 is 2.62 bits per heavy atom. The Hall–Kier alpha value is -3.82. The van der Waals surface area contributed by atoms with Crippen molar-refractivity contribution in [2.75, 3.05) is 5.32 Å².